The Balaban J connectivity index is 0.000000404. The van der Waals surface area contributed by atoms with Crippen LogP contribution in [0.15, 0.2) is 0 Å². The Labute approximate surface area is 95.2 Å². The molecule has 1 spiro atoms. The fraction of sp³-hybridized carbons (Fsp3) is 1.00. The Morgan fingerprint density at radius 1 is 1.00 bits per heavy atom. The molecule has 2 aliphatic carbocycles. The molecule has 1 heteroatoms. The molecule has 0 amide bonds. The SMILES string of the molecule is CC.CC1CC2(CCN(C3CC3)CC2)C1. The lowest BCUT2D eigenvalue weighted by molar-refractivity contribution is -0.00797. The third-order valence-electron chi connectivity index (χ3n) is 4.48. The van der Waals surface area contributed by atoms with E-state index in [0.717, 1.165) is 17.4 Å². The molecule has 15 heavy (non-hydrogen) atoms. The Morgan fingerprint density at radius 2 is 1.53 bits per heavy atom. The molecule has 2 saturated carbocycles. The monoisotopic (exact) mass is 209 g/mol. The third kappa shape index (κ3) is 2.38. The highest BCUT2D eigenvalue weighted by Gasteiger charge is 2.45. The van der Waals surface area contributed by atoms with E-state index in [2.05, 4.69) is 11.8 Å². The van der Waals surface area contributed by atoms with E-state index in [0.29, 0.717) is 0 Å². The second kappa shape index (κ2) is 4.45. The predicted molar refractivity (Wildman–Crippen MR) is 66.0 cm³/mol. The maximum Gasteiger partial charge on any atom is 0.00964 e. The molecule has 0 aromatic rings. The minimum absolute atomic E-state index is 0.824. The summed E-state index contributed by atoms with van der Waals surface area (Å²) in [4.78, 5) is 2.74. The summed E-state index contributed by atoms with van der Waals surface area (Å²) in [6, 6.07) is 1.01. The van der Waals surface area contributed by atoms with Crippen molar-refractivity contribution >= 4 is 0 Å². The zero-order valence-corrected chi connectivity index (χ0v) is 10.8. The van der Waals surface area contributed by atoms with Gasteiger partial charge < -0.3 is 4.90 Å². The molecule has 3 aliphatic rings. The molecule has 0 aromatic carbocycles. The molecule has 88 valence electrons. The lowest BCUT2D eigenvalue weighted by Gasteiger charge is -2.51. The maximum atomic E-state index is 2.74. The quantitative estimate of drug-likeness (QED) is 0.636. The lowest BCUT2D eigenvalue weighted by Crippen LogP contribution is -2.47. The fourth-order valence-corrected chi connectivity index (χ4v) is 3.63. The number of piperidine rings is 1. The summed E-state index contributed by atoms with van der Waals surface area (Å²) in [6.07, 6.45) is 9.06. The second-order valence-corrected chi connectivity index (χ2v) is 5.78. The minimum Gasteiger partial charge on any atom is -0.300 e. The van der Waals surface area contributed by atoms with Crippen molar-refractivity contribution < 1.29 is 0 Å². The van der Waals surface area contributed by atoms with Crippen LogP contribution in [0.5, 0.6) is 0 Å². The van der Waals surface area contributed by atoms with Gasteiger partial charge in [-0.25, -0.2) is 0 Å². The van der Waals surface area contributed by atoms with E-state index in [1.54, 1.807) is 0 Å². The molecule has 0 N–H and O–H groups in total. The van der Waals surface area contributed by atoms with Gasteiger partial charge in [-0.3, -0.25) is 0 Å². The fourth-order valence-electron chi connectivity index (χ4n) is 3.63. The molecule has 3 rings (SSSR count). The van der Waals surface area contributed by atoms with Crippen molar-refractivity contribution in [2.45, 2.75) is 65.3 Å². The van der Waals surface area contributed by atoms with Gasteiger partial charge in [0.2, 0.25) is 0 Å². The van der Waals surface area contributed by atoms with Crippen LogP contribution in [0.25, 0.3) is 0 Å². The summed E-state index contributed by atoms with van der Waals surface area (Å²) in [7, 11) is 0. The largest absolute Gasteiger partial charge is 0.300 e. The van der Waals surface area contributed by atoms with E-state index < -0.39 is 0 Å². The van der Waals surface area contributed by atoms with E-state index >= 15 is 0 Å². The standard InChI is InChI=1S/C12H21N.C2H6/c1-10-8-12(9-10)4-6-13(7-5-12)11-2-3-11;1-2/h10-11H,2-9H2,1H3;1-2H3. The number of rotatable bonds is 1. The van der Waals surface area contributed by atoms with Crippen LogP contribution in [-0.4, -0.2) is 24.0 Å². The van der Waals surface area contributed by atoms with E-state index in [1.807, 2.05) is 13.8 Å². The van der Waals surface area contributed by atoms with E-state index in [4.69, 9.17) is 0 Å². The summed E-state index contributed by atoms with van der Waals surface area (Å²) in [6.45, 7) is 9.24. The second-order valence-electron chi connectivity index (χ2n) is 5.78. The number of nitrogens with zero attached hydrogens (tertiary/aromatic N) is 1. The van der Waals surface area contributed by atoms with Gasteiger partial charge >= 0.3 is 0 Å². The van der Waals surface area contributed by atoms with E-state index in [1.165, 1.54) is 51.6 Å². The summed E-state index contributed by atoms with van der Waals surface area (Å²) in [5.74, 6) is 1.03. The van der Waals surface area contributed by atoms with Crippen LogP contribution < -0.4 is 0 Å². The highest BCUT2D eigenvalue weighted by Crippen LogP contribution is 2.53. The molecule has 0 bridgehead atoms. The van der Waals surface area contributed by atoms with Gasteiger partial charge in [-0.2, -0.15) is 0 Å². The van der Waals surface area contributed by atoms with Crippen molar-refractivity contribution in [1.82, 2.24) is 4.90 Å². The van der Waals surface area contributed by atoms with Crippen molar-refractivity contribution in [3.05, 3.63) is 0 Å². The molecular formula is C14H27N. The van der Waals surface area contributed by atoms with Crippen molar-refractivity contribution in [2.24, 2.45) is 11.3 Å². The number of hydrogen-bond acceptors (Lipinski definition) is 1. The van der Waals surface area contributed by atoms with Gasteiger partial charge in [0.25, 0.3) is 0 Å². The summed E-state index contributed by atoms with van der Waals surface area (Å²) < 4.78 is 0. The molecule has 1 aliphatic heterocycles. The van der Waals surface area contributed by atoms with Gasteiger partial charge in [0, 0.05) is 6.04 Å². The van der Waals surface area contributed by atoms with Crippen molar-refractivity contribution in [2.75, 3.05) is 13.1 Å². The smallest absolute Gasteiger partial charge is 0.00964 e. The summed E-state index contributed by atoms with van der Waals surface area (Å²) in [5.41, 5.74) is 0.824. The first kappa shape index (κ1) is 11.4. The van der Waals surface area contributed by atoms with Crippen molar-refractivity contribution in [3.8, 4) is 0 Å². The predicted octanol–water partition coefficient (Wildman–Crippen LogP) is 3.69. The molecule has 1 nitrogen and oxygen atoms in total. The van der Waals surface area contributed by atoms with Crippen LogP contribution in [0.4, 0.5) is 0 Å². The molecule has 1 heterocycles. The van der Waals surface area contributed by atoms with Crippen LogP contribution in [-0.2, 0) is 0 Å². The third-order valence-corrected chi connectivity index (χ3v) is 4.48. The molecule has 0 unspecified atom stereocenters. The van der Waals surface area contributed by atoms with Crippen molar-refractivity contribution in [1.29, 1.82) is 0 Å². The molecule has 1 saturated heterocycles. The Bertz CT molecular complexity index is 191. The zero-order valence-electron chi connectivity index (χ0n) is 10.8. The normalized spacial score (nSPS) is 30.6. The average molecular weight is 209 g/mol. The summed E-state index contributed by atoms with van der Waals surface area (Å²) in [5, 5.41) is 0. The Morgan fingerprint density at radius 3 is 1.93 bits per heavy atom. The van der Waals surface area contributed by atoms with Gasteiger partial charge in [-0.1, -0.05) is 20.8 Å². The molecule has 0 aromatic heterocycles. The van der Waals surface area contributed by atoms with Gasteiger partial charge in [0.15, 0.2) is 0 Å². The van der Waals surface area contributed by atoms with Crippen molar-refractivity contribution in [3.63, 3.8) is 0 Å². The highest BCUT2D eigenvalue weighted by atomic mass is 15.2. The Hall–Kier alpha value is -0.0400. The summed E-state index contributed by atoms with van der Waals surface area (Å²) >= 11 is 0. The number of hydrogen-bond donors (Lipinski definition) is 0. The van der Waals surface area contributed by atoms with Crippen LogP contribution in [0.1, 0.15) is 59.3 Å². The van der Waals surface area contributed by atoms with Crippen LogP contribution >= 0.6 is 0 Å². The maximum absolute atomic E-state index is 2.74. The first-order chi connectivity index (χ1) is 7.27. The van der Waals surface area contributed by atoms with E-state index in [-0.39, 0.29) is 0 Å². The Kier molecular flexibility index (Phi) is 3.39. The van der Waals surface area contributed by atoms with Crippen LogP contribution in [0, 0.1) is 11.3 Å². The van der Waals surface area contributed by atoms with Gasteiger partial charge in [-0.05, 0) is 62.9 Å². The molecule has 0 atom stereocenters. The van der Waals surface area contributed by atoms with Gasteiger partial charge in [-0.15, -0.1) is 0 Å². The van der Waals surface area contributed by atoms with Gasteiger partial charge in [0.05, 0.1) is 0 Å². The molecular weight excluding hydrogens is 182 g/mol. The average Bonchev–Trinajstić information content (AvgIpc) is 3.04. The van der Waals surface area contributed by atoms with E-state index in [9.17, 15) is 0 Å². The topological polar surface area (TPSA) is 3.24 Å². The zero-order chi connectivity index (χ0) is 10.9. The highest BCUT2D eigenvalue weighted by molar-refractivity contribution is 4.98. The van der Waals surface area contributed by atoms with Crippen LogP contribution in [0.3, 0.4) is 0 Å². The van der Waals surface area contributed by atoms with Gasteiger partial charge in [0.1, 0.15) is 0 Å². The van der Waals surface area contributed by atoms with Crippen LogP contribution in [0.2, 0.25) is 0 Å². The number of likely N-dealkylation sites (tertiary alicyclic amines) is 1. The molecule has 3 fully saturated rings. The first-order valence-electron chi connectivity index (χ1n) is 7.02. The first-order valence-corrected chi connectivity index (χ1v) is 7.02. The minimum atomic E-state index is 0.824. The lowest BCUT2D eigenvalue weighted by atomic mass is 9.58. The molecule has 0 radical (unpaired) electrons.